The summed E-state index contributed by atoms with van der Waals surface area (Å²) in [6.07, 6.45) is 0. The van der Waals surface area contributed by atoms with Gasteiger partial charge in [0.05, 0.1) is 44.5 Å². The van der Waals surface area contributed by atoms with Crippen molar-refractivity contribution in [2.75, 3.05) is 0 Å². The topological polar surface area (TPSA) is 35.6 Å². The molecule has 0 spiro atoms. The van der Waals surface area contributed by atoms with Gasteiger partial charge in [0.2, 0.25) is 0 Å². The van der Waals surface area contributed by atoms with Gasteiger partial charge in [0.25, 0.3) is 0 Å². The van der Waals surface area contributed by atoms with Crippen molar-refractivity contribution in [2.24, 2.45) is 0 Å². The maximum absolute atomic E-state index is 5.32. The predicted octanol–water partition coefficient (Wildman–Crippen LogP) is 12.8. The first kappa shape index (κ1) is 30.3. The second kappa shape index (κ2) is 12.1. The van der Waals surface area contributed by atoms with E-state index in [1.165, 1.54) is 38.1 Å². The molecule has 252 valence electrons. The van der Waals surface area contributed by atoms with Gasteiger partial charge in [0, 0.05) is 44.0 Å². The molecule has 3 aromatic heterocycles. The summed E-state index contributed by atoms with van der Waals surface area (Å²) in [6, 6.07) is 69.0. The molecule has 0 saturated carbocycles. The van der Waals surface area contributed by atoms with Crippen LogP contribution in [0.5, 0.6) is 0 Å². The molecular weight excluding hydrogens is 657 g/mol. The second-order valence-corrected chi connectivity index (χ2v) is 13.8. The highest BCUT2D eigenvalue weighted by atomic mass is 15.0. The summed E-state index contributed by atoms with van der Waals surface area (Å²) in [7, 11) is 0. The normalized spacial score (nSPS) is 11.7. The van der Waals surface area contributed by atoms with E-state index in [9.17, 15) is 0 Å². The van der Waals surface area contributed by atoms with E-state index in [0.717, 1.165) is 61.5 Å². The highest BCUT2D eigenvalue weighted by Crippen LogP contribution is 2.39. The standard InChI is InChI=1S/C50H32N4/c1-4-14-33(15-5-1)49-50(34-16-6-2-7-17-34)52-44-32-38(26-29-43(44)51-49)54-46-23-13-11-21-40(46)42-28-25-36(31-48(42)54)35-24-27-41-39-20-10-12-22-45(39)53(47(41)30-35)37-18-8-3-9-19-37/h1-32H. The predicted molar refractivity (Wildman–Crippen MR) is 225 cm³/mol. The number of nitrogens with zero attached hydrogens (tertiary/aromatic N) is 4. The molecule has 0 aliphatic heterocycles. The van der Waals surface area contributed by atoms with Gasteiger partial charge in [-0.05, 0) is 65.7 Å². The van der Waals surface area contributed by atoms with Crippen molar-refractivity contribution in [1.82, 2.24) is 19.1 Å². The van der Waals surface area contributed by atoms with Gasteiger partial charge in [0.1, 0.15) is 0 Å². The summed E-state index contributed by atoms with van der Waals surface area (Å²) < 4.78 is 4.76. The average molecular weight is 689 g/mol. The van der Waals surface area contributed by atoms with Gasteiger partial charge in [-0.3, -0.25) is 0 Å². The fourth-order valence-corrected chi connectivity index (χ4v) is 8.21. The zero-order valence-electron chi connectivity index (χ0n) is 29.3. The van der Waals surface area contributed by atoms with E-state index in [0.29, 0.717) is 0 Å². The molecule has 0 aliphatic carbocycles. The van der Waals surface area contributed by atoms with Crippen LogP contribution in [0.3, 0.4) is 0 Å². The molecule has 11 aromatic rings. The van der Waals surface area contributed by atoms with Crippen LogP contribution in [0.1, 0.15) is 0 Å². The molecule has 54 heavy (non-hydrogen) atoms. The van der Waals surface area contributed by atoms with E-state index in [-0.39, 0.29) is 0 Å². The minimum Gasteiger partial charge on any atom is -0.309 e. The molecule has 0 aliphatic rings. The van der Waals surface area contributed by atoms with Crippen LogP contribution in [0.25, 0.3) is 99.7 Å². The zero-order valence-corrected chi connectivity index (χ0v) is 29.3. The number of rotatable bonds is 5. The zero-order chi connectivity index (χ0) is 35.6. The van der Waals surface area contributed by atoms with Crippen LogP contribution in [0, 0.1) is 0 Å². The van der Waals surface area contributed by atoms with Crippen molar-refractivity contribution in [2.45, 2.75) is 0 Å². The Morgan fingerprint density at radius 2 is 0.722 bits per heavy atom. The molecule has 4 nitrogen and oxygen atoms in total. The van der Waals surface area contributed by atoms with Crippen molar-refractivity contribution in [1.29, 1.82) is 0 Å². The van der Waals surface area contributed by atoms with Crippen molar-refractivity contribution >= 4 is 54.6 Å². The Hall–Kier alpha value is -7.30. The van der Waals surface area contributed by atoms with Gasteiger partial charge < -0.3 is 9.13 Å². The minimum atomic E-state index is 0.854. The number of hydrogen-bond donors (Lipinski definition) is 0. The molecule has 11 rings (SSSR count). The third-order valence-electron chi connectivity index (χ3n) is 10.7. The lowest BCUT2D eigenvalue weighted by Crippen LogP contribution is -1.98. The van der Waals surface area contributed by atoms with Crippen LogP contribution in [-0.2, 0) is 0 Å². The number of para-hydroxylation sites is 3. The Balaban J connectivity index is 1.11. The van der Waals surface area contributed by atoms with Crippen molar-refractivity contribution < 1.29 is 0 Å². The van der Waals surface area contributed by atoms with Crippen LogP contribution in [-0.4, -0.2) is 19.1 Å². The summed E-state index contributed by atoms with van der Waals surface area (Å²) in [6.45, 7) is 0. The lowest BCUT2D eigenvalue weighted by atomic mass is 10.0. The first-order valence-corrected chi connectivity index (χ1v) is 18.3. The maximum Gasteiger partial charge on any atom is 0.0973 e. The van der Waals surface area contributed by atoms with Gasteiger partial charge in [0.15, 0.2) is 0 Å². The van der Waals surface area contributed by atoms with Crippen molar-refractivity contribution in [3.05, 3.63) is 194 Å². The lowest BCUT2D eigenvalue weighted by Gasteiger charge is -2.13. The third kappa shape index (κ3) is 4.78. The maximum atomic E-state index is 5.32. The Kier molecular flexibility index (Phi) is 6.82. The Morgan fingerprint density at radius 3 is 1.28 bits per heavy atom. The number of aromatic nitrogens is 4. The highest BCUT2D eigenvalue weighted by Gasteiger charge is 2.18. The summed E-state index contributed by atoms with van der Waals surface area (Å²) in [4.78, 5) is 10.5. The van der Waals surface area contributed by atoms with Crippen LogP contribution in [0.4, 0.5) is 0 Å². The van der Waals surface area contributed by atoms with Crippen LogP contribution in [0.2, 0.25) is 0 Å². The van der Waals surface area contributed by atoms with Crippen molar-refractivity contribution in [3.63, 3.8) is 0 Å². The second-order valence-electron chi connectivity index (χ2n) is 13.8. The van der Waals surface area contributed by atoms with E-state index in [1.807, 2.05) is 12.1 Å². The molecule has 0 fully saturated rings. The van der Waals surface area contributed by atoms with Crippen molar-refractivity contribution in [3.8, 4) is 45.0 Å². The number of hydrogen-bond acceptors (Lipinski definition) is 2. The van der Waals surface area contributed by atoms with Gasteiger partial charge in [-0.25, -0.2) is 9.97 Å². The fraction of sp³-hybridized carbons (Fsp3) is 0. The minimum absolute atomic E-state index is 0.854. The molecule has 0 amide bonds. The molecule has 0 saturated heterocycles. The van der Waals surface area contributed by atoms with E-state index in [1.54, 1.807) is 0 Å². The fourth-order valence-electron chi connectivity index (χ4n) is 8.21. The van der Waals surface area contributed by atoms with Gasteiger partial charge in [-0.2, -0.15) is 0 Å². The molecule has 8 aromatic carbocycles. The van der Waals surface area contributed by atoms with Gasteiger partial charge >= 0.3 is 0 Å². The third-order valence-corrected chi connectivity index (χ3v) is 10.7. The van der Waals surface area contributed by atoms with Gasteiger partial charge in [-0.1, -0.05) is 140 Å². The van der Waals surface area contributed by atoms with Crippen LogP contribution >= 0.6 is 0 Å². The summed E-state index contributed by atoms with van der Waals surface area (Å²) in [5.74, 6) is 0. The molecule has 0 atom stereocenters. The summed E-state index contributed by atoms with van der Waals surface area (Å²) in [5.41, 5.74) is 14.8. The summed E-state index contributed by atoms with van der Waals surface area (Å²) >= 11 is 0. The van der Waals surface area contributed by atoms with E-state index < -0.39 is 0 Å². The molecule has 0 radical (unpaired) electrons. The number of benzene rings is 8. The highest BCUT2D eigenvalue weighted by molar-refractivity contribution is 6.12. The molecule has 0 N–H and O–H groups in total. The smallest absolute Gasteiger partial charge is 0.0973 e. The lowest BCUT2D eigenvalue weighted by molar-refractivity contribution is 1.18. The largest absolute Gasteiger partial charge is 0.309 e. The summed E-state index contributed by atoms with van der Waals surface area (Å²) in [5, 5.41) is 4.93. The Labute approximate surface area is 311 Å². The van der Waals surface area contributed by atoms with Crippen LogP contribution in [0.15, 0.2) is 194 Å². The first-order chi connectivity index (χ1) is 26.8. The number of fused-ring (bicyclic) bond motifs is 7. The van der Waals surface area contributed by atoms with E-state index in [4.69, 9.17) is 9.97 Å². The SMILES string of the molecule is c1ccc(-c2nc3ccc(-n4c5ccccc5c5ccc(-c6ccc7c8ccccc8n(-c8ccccc8)c7c6)cc54)cc3nc2-c2ccccc2)cc1. The molecule has 4 heteroatoms. The molecule has 0 bridgehead atoms. The first-order valence-electron chi connectivity index (χ1n) is 18.3. The molecule has 0 unspecified atom stereocenters. The van der Waals surface area contributed by atoms with E-state index in [2.05, 4.69) is 191 Å². The van der Waals surface area contributed by atoms with E-state index >= 15 is 0 Å². The monoisotopic (exact) mass is 688 g/mol. The molecular formula is C50H32N4. The van der Waals surface area contributed by atoms with Gasteiger partial charge in [-0.15, -0.1) is 0 Å². The average Bonchev–Trinajstić information content (AvgIpc) is 3.76. The quantitative estimate of drug-likeness (QED) is 0.180. The van der Waals surface area contributed by atoms with Crippen LogP contribution < -0.4 is 0 Å². The Bertz CT molecular complexity index is 3200. The molecule has 3 heterocycles. The Morgan fingerprint density at radius 1 is 0.278 bits per heavy atom.